The lowest BCUT2D eigenvalue weighted by Gasteiger charge is -1.99. The van der Waals surface area contributed by atoms with Gasteiger partial charge in [-0.05, 0) is 34.7 Å². The number of benzene rings is 1. The number of nitriles is 1. The minimum absolute atomic E-state index is 0.0141. The van der Waals surface area contributed by atoms with Gasteiger partial charge in [0, 0.05) is 8.47 Å². The molecule has 0 spiro atoms. The van der Waals surface area contributed by atoms with Gasteiger partial charge in [0.2, 0.25) is 0 Å². The number of thiol groups is 1. The monoisotopic (exact) mass is 279 g/mol. The largest absolute Gasteiger partial charge is 0.206 e. The third kappa shape index (κ3) is 1.65. The fourth-order valence-corrected chi connectivity index (χ4v) is 1.33. The Bertz CT molecular complexity index is 332. The number of halogens is 2. The maximum Gasteiger partial charge on any atom is 0.142 e. The van der Waals surface area contributed by atoms with E-state index in [4.69, 9.17) is 5.26 Å². The second-order valence-electron chi connectivity index (χ2n) is 1.86. The van der Waals surface area contributed by atoms with E-state index in [1.54, 1.807) is 12.1 Å². The van der Waals surface area contributed by atoms with Crippen molar-refractivity contribution >= 4 is 35.2 Å². The standard InChI is InChI=1S/C7H3FINS/c8-5-1-2-6(9)7(11)4(5)3-10/h1-2,11H. The van der Waals surface area contributed by atoms with Gasteiger partial charge >= 0.3 is 0 Å². The first-order chi connectivity index (χ1) is 5.16. The molecule has 0 radical (unpaired) electrons. The van der Waals surface area contributed by atoms with Gasteiger partial charge in [0.15, 0.2) is 0 Å². The zero-order chi connectivity index (χ0) is 8.43. The second kappa shape index (κ2) is 3.41. The molecule has 0 heterocycles. The first-order valence-corrected chi connectivity index (χ1v) is 4.26. The molecule has 0 N–H and O–H groups in total. The molecule has 0 aliphatic carbocycles. The molecule has 1 nitrogen and oxygen atoms in total. The van der Waals surface area contributed by atoms with Crippen LogP contribution in [0.15, 0.2) is 17.0 Å². The molecule has 0 unspecified atom stereocenters. The van der Waals surface area contributed by atoms with Gasteiger partial charge < -0.3 is 0 Å². The fourth-order valence-electron chi connectivity index (χ4n) is 0.647. The fraction of sp³-hybridized carbons (Fsp3) is 0. The van der Waals surface area contributed by atoms with Gasteiger partial charge in [0.25, 0.3) is 0 Å². The number of hydrogen-bond acceptors (Lipinski definition) is 2. The zero-order valence-corrected chi connectivity index (χ0v) is 8.36. The summed E-state index contributed by atoms with van der Waals surface area (Å²) >= 11 is 5.99. The van der Waals surface area contributed by atoms with E-state index in [-0.39, 0.29) is 5.56 Å². The molecule has 0 aromatic heterocycles. The van der Waals surface area contributed by atoms with Gasteiger partial charge in [-0.3, -0.25) is 0 Å². The highest BCUT2D eigenvalue weighted by atomic mass is 127. The maximum absolute atomic E-state index is 12.8. The Balaban J connectivity index is 3.44. The number of hydrogen-bond donors (Lipinski definition) is 1. The van der Waals surface area contributed by atoms with Gasteiger partial charge in [-0.15, -0.1) is 12.6 Å². The van der Waals surface area contributed by atoms with E-state index >= 15 is 0 Å². The molecule has 0 fully saturated rings. The third-order valence-corrected chi connectivity index (χ3v) is 2.98. The lowest BCUT2D eigenvalue weighted by Crippen LogP contribution is -1.87. The number of rotatable bonds is 0. The zero-order valence-electron chi connectivity index (χ0n) is 5.31. The quantitative estimate of drug-likeness (QED) is 0.572. The Morgan fingerprint density at radius 1 is 1.55 bits per heavy atom. The van der Waals surface area contributed by atoms with Crippen LogP contribution in [0.1, 0.15) is 5.56 Å². The molecule has 0 saturated heterocycles. The Hall–Kier alpha value is -0.280. The highest BCUT2D eigenvalue weighted by molar-refractivity contribution is 14.1. The van der Waals surface area contributed by atoms with Crippen LogP contribution in [0.4, 0.5) is 4.39 Å². The first-order valence-electron chi connectivity index (χ1n) is 2.74. The van der Waals surface area contributed by atoms with Gasteiger partial charge in [0.05, 0.1) is 0 Å². The van der Waals surface area contributed by atoms with Crippen molar-refractivity contribution in [3.05, 3.63) is 27.1 Å². The van der Waals surface area contributed by atoms with Crippen molar-refractivity contribution in [2.24, 2.45) is 0 Å². The SMILES string of the molecule is N#Cc1c(F)ccc(I)c1S. The molecule has 0 bridgehead atoms. The van der Waals surface area contributed by atoms with Crippen LogP contribution in [0, 0.1) is 20.7 Å². The highest BCUT2D eigenvalue weighted by Crippen LogP contribution is 2.22. The average molecular weight is 279 g/mol. The van der Waals surface area contributed by atoms with Gasteiger partial charge in [-0.1, -0.05) is 0 Å². The van der Waals surface area contributed by atoms with E-state index < -0.39 is 5.82 Å². The van der Waals surface area contributed by atoms with Crippen LogP contribution in [0.3, 0.4) is 0 Å². The summed E-state index contributed by atoms with van der Waals surface area (Å²) in [7, 11) is 0. The summed E-state index contributed by atoms with van der Waals surface area (Å²) in [5, 5.41) is 8.48. The van der Waals surface area contributed by atoms with E-state index in [0.29, 0.717) is 4.90 Å². The van der Waals surface area contributed by atoms with E-state index in [1.165, 1.54) is 6.07 Å². The summed E-state index contributed by atoms with van der Waals surface area (Å²) in [5.74, 6) is -0.516. The minimum Gasteiger partial charge on any atom is -0.206 e. The van der Waals surface area contributed by atoms with Crippen molar-refractivity contribution in [3.63, 3.8) is 0 Å². The molecular weight excluding hydrogens is 276 g/mol. The molecule has 1 rings (SSSR count). The van der Waals surface area contributed by atoms with Crippen LogP contribution in [0.25, 0.3) is 0 Å². The summed E-state index contributed by atoms with van der Waals surface area (Å²) in [5.41, 5.74) is 0.0141. The van der Waals surface area contributed by atoms with Crippen LogP contribution in [-0.2, 0) is 0 Å². The van der Waals surface area contributed by atoms with Gasteiger partial charge in [-0.25, -0.2) is 4.39 Å². The smallest absolute Gasteiger partial charge is 0.142 e. The lowest BCUT2D eigenvalue weighted by atomic mass is 10.2. The van der Waals surface area contributed by atoms with E-state index in [2.05, 4.69) is 12.6 Å². The van der Waals surface area contributed by atoms with E-state index in [1.807, 2.05) is 22.6 Å². The predicted octanol–water partition coefficient (Wildman–Crippen LogP) is 2.59. The summed E-state index contributed by atoms with van der Waals surface area (Å²) in [6.07, 6.45) is 0. The van der Waals surface area contributed by atoms with Crippen molar-refractivity contribution in [2.45, 2.75) is 4.90 Å². The normalized spacial score (nSPS) is 9.27. The molecule has 1 aromatic rings. The molecule has 1 aromatic carbocycles. The Labute approximate surface area is 82.8 Å². The average Bonchev–Trinajstić information content (AvgIpc) is 1.99. The first kappa shape index (κ1) is 8.81. The van der Waals surface area contributed by atoms with Gasteiger partial charge in [0.1, 0.15) is 17.4 Å². The third-order valence-electron chi connectivity index (χ3n) is 1.19. The van der Waals surface area contributed by atoms with Crippen molar-refractivity contribution in [2.75, 3.05) is 0 Å². The number of nitrogens with zero attached hydrogens (tertiary/aromatic N) is 1. The van der Waals surface area contributed by atoms with Crippen LogP contribution in [0.2, 0.25) is 0 Å². The summed E-state index contributed by atoms with van der Waals surface area (Å²) < 4.78 is 13.5. The molecule has 56 valence electrons. The minimum atomic E-state index is -0.516. The summed E-state index contributed by atoms with van der Waals surface area (Å²) in [6.45, 7) is 0. The Morgan fingerprint density at radius 2 is 2.18 bits per heavy atom. The molecule has 0 amide bonds. The Morgan fingerprint density at radius 3 is 2.64 bits per heavy atom. The molecule has 0 aliphatic heterocycles. The van der Waals surface area contributed by atoms with Crippen LogP contribution >= 0.6 is 35.2 Å². The molecular formula is C7H3FINS. The summed E-state index contributed by atoms with van der Waals surface area (Å²) in [6, 6.07) is 4.59. The van der Waals surface area contributed by atoms with E-state index in [0.717, 1.165) is 3.57 Å². The lowest BCUT2D eigenvalue weighted by molar-refractivity contribution is 0.619. The van der Waals surface area contributed by atoms with Crippen LogP contribution < -0.4 is 0 Å². The van der Waals surface area contributed by atoms with Crippen LogP contribution in [-0.4, -0.2) is 0 Å². The van der Waals surface area contributed by atoms with Crippen LogP contribution in [0.5, 0.6) is 0 Å². The highest BCUT2D eigenvalue weighted by Gasteiger charge is 2.07. The van der Waals surface area contributed by atoms with Gasteiger partial charge in [-0.2, -0.15) is 5.26 Å². The molecule has 4 heteroatoms. The van der Waals surface area contributed by atoms with Crippen molar-refractivity contribution in [3.8, 4) is 6.07 Å². The van der Waals surface area contributed by atoms with Crippen molar-refractivity contribution < 1.29 is 4.39 Å². The predicted molar refractivity (Wildman–Crippen MR) is 51.1 cm³/mol. The topological polar surface area (TPSA) is 23.8 Å². The van der Waals surface area contributed by atoms with E-state index in [9.17, 15) is 4.39 Å². The van der Waals surface area contributed by atoms with Crippen molar-refractivity contribution in [1.29, 1.82) is 5.26 Å². The Kier molecular flexibility index (Phi) is 2.73. The maximum atomic E-state index is 12.8. The second-order valence-corrected chi connectivity index (χ2v) is 3.47. The molecule has 11 heavy (non-hydrogen) atoms. The summed E-state index contributed by atoms with van der Waals surface area (Å²) in [4.78, 5) is 0.410. The molecule has 0 aliphatic rings. The molecule has 0 atom stereocenters. The molecule has 0 saturated carbocycles. The van der Waals surface area contributed by atoms with Crippen molar-refractivity contribution in [1.82, 2.24) is 0 Å².